The molecule has 0 amide bonds. The van der Waals surface area contributed by atoms with Crippen LogP contribution in [0.2, 0.25) is 0 Å². The molecule has 5 N–H and O–H groups in total. The molecule has 0 bridgehead atoms. The molecule has 11 heteroatoms. The summed E-state index contributed by atoms with van der Waals surface area (Å²) in [5, 5.41) is 19.3. The monoisotopic (exact) mass is 569 g/mol. The van der Waals surface area contributed by atoms with Gasteiger partial charge in [-0.2, -0.15) is 0 Å². The molecule has 41 heavy (non-hydrogen) atoms. The zero-order chi connectivity index (χ0) is 28.6. The lowest BCUT2D eigenvalue weighted by Crippen LogP contribution is -2.37. The van der Waals surface area contributed by atoms with Crippen molar-refractivity contribution < 1.29 is 38.4 Å². The van der Waals surface area contributed by atoms with Gasteiger partial charge in [0.15, 0.2) is 11.6 Å². The minimum Gasteiger partial charge on any atom is -0.473 e. The lowest BCUT2D eigenvalue weighted by molar-refractivity contribution is -0.159. The minimum absolute atomic E-state index is 0. The number of carboxylic acid groups (broad SMARTS) is 2. The van der Waals surface area contributed by atoms with Gasteiger partial charge in [0.2, 0.25) is 0 Å². The first-order chi connectivity index (χ1) is 19.2. The van der Waals surface area contributed by atoms with Gasteiger partial charge >= 0.3 is 11.9 Å². The number of nitrogens with one attached hydrogen (secondary N) is 1. The number of hydrogen-bond donors (Lipinski definition) is 3. The van der Waals surface area contributed by atoms with Crippen molar-refractivity contribution in [3.63, 3.8) is 0 Å². The van der Waals surface area contributed by atoms with Gasteiger partial charge in [-0.3, -0.25) is 9.88 Å². The number of nitrogens with zero attached hydrogens (tertiary/aromatic N) is 2. The van der Waals surface area contributed by atoms with Crippen LogP contribution in [-0.4, -0.2) is 50.6 Å². The van der Waals surface area contributed by atoms with E-state index in [1.54, 1.807) is 12.1 Å². The molecule has 0 radical (unpaired) electrons. The Morgan fingerprint density at radius 2 is 1.54 bits per heavy atom. The highest BCUT2D eigenvalue weighted by molar-refractivity contribution is 6.27. The third-order valence-corrected chi connectivity index (χ3v) is 6.80. The standard InChI is InChI=1S/C28H26F3N3.C2H2O4.H2O/c29-22-8-5-20(6-9-22)28(33-23-11-12-25(30)26(31)17-23)21-13-15-34(16-14-21)18-24-10-7-19-3-1-2-4-27(19)32-24;3-1(4)2(5)6;/h1-12,17,21,28,33H,13-16,18H2;(H,3,4)(H,5,6);1H2. The van der Waals surface area contributed by atoms with Gasteiger partial charge in [-0.05, 0) is 73.8 Å². The summed E-state index contributed by atoms with van der Waals surface area (Å²) in [4.78, 5) is 25.4. The first-order valence-corrected chi connectivity index (χ1v) is 12.7. The molecule has 216 valence electrons. The number of para-hydroxylation sites is 1. The molecule has 1 aliphatic heterocycles. The van der Waals surface area contributed by atoms with Gasteiger partial charge in [-0.15, -0.1) is 0 Å². The molecule has 5 rings (SSSR count). The van der Waals surface area contributed by atoms with Crippen molar-refractivity contribution in [1.29, 1.82) is 0 Å². The van der Waals surface area contributed by atoms with Gasteiger partial charge in [0.25, 0.3) is 0 Å². The molecule has 2 heterocycles. The predicted molar refractivity (Wildman–Crippen MR) is 148 cm³/mol. The van der Waals surface area contributed by atoms with Crippen molar-refractivity contribution in [2.75, 3.05) is 18.4 Å². The second-order valence-electron chi connectivity index (χ2n) is 9.52. The molecule has 1 fully saturated rings. The highest BCUT2D eigenvalue weighted by atomic mass is 19.2. The zero-order valence-corrected chi connectivity index (χ0v) is 21.9. The van der Waals surface area contributed by atoms with E-state index in [9.17, 15) is 13.2 Å². The van der Waals surface area contributed by atoms with Crippen LogP contribution in [0.3, 0.4) is 0 Å². The van der Waals surface area contributed by atoms with E-state index in [0.717, 1.165) is 60.7 Å². The van der Waals surface area contributed by atoms with Gasteiger partial charge in [-0.25, -0.2) is 22.8 Å². The number of hydrogen-bond acceptors (Lipinski definition) is 5. The molecule has 1 saturated heterocycles. The average molecular weight is 570 g/mol. The maximum absolute atomic E-state index is 13.8. The molecule has 1 unspecified atom stereocenters. The van der Waals surface area contributed by atoms with E-state index >= 15 is 0 Å². The van der Waals surface area contributed by atoms with Crippen LogP contribution in [0.5, 0.6) is 0 Å². The largest absolute Gasteiger partial charge is 0.473 e. The number of fused-ring (bicyclic) bond motifs is 1. The summed E-state index contributed by atoms with van der Waals surface area (Å²) in [6.07, 6.45) is 1.85. The van der Waals surface area contributed by atoms with Gasteiger partial charge in [0, 0.05) is 23.7 Å². The predicted octanol–water partition coefficient (Wildman–Crippen LogP) is 5.05. The summed E-state index contributed by atoms with van der Waals surface area (Å²) in [6.45, 7) is 2.59. The summed E-state index contributed by atoms with van der Waals surface area (Å²) >= 11 is 0. The number of carboxylic acids is 2. The Morgan fingerprint density at radius 1 is 0.878 bits per heavy atom. The van der Waals surface area contributed by atoms with E-state index in [-0.39, 0.29) is 23.3 Å². The van der Waals surface area contributed by atoms with Crippen molar-refractivity contribution in [2.24, 2.45) is 5.92 Å². The number of anilines is 1. The highest BCUT2D eigenvalue weighted by Crippen LogP contribution is 2.34. The van der Waals surface area contributed by atoms with Crippen LogP contribution in [0.1, 0.15) is 30.1 Å². The third-order valence-electron chi connectivity index (χ3n) is 6.80. The number of pyridine rings is 1. The molecule has 1 atom stereocenters. The average Bonchev–Trinajstić information content (AvgIpc) is 2.95. The fraction of sp³-hybridized carbons (Fsp3) is 0.233. The second-order valence-corrected chi connectivity index (χ2v) is 9.52. The van der Waals surface area contributed by atoms with Gasteiger partial charge in [0.05, 0.1) is 17.3 Å². The van der Waals surface area contributed by atoms with Crippen molar-refractivity contribution in [3.8, 4) is 0 Å². The SMILES string of the molecule is Fc1ccc(C(Nc2ccc(F)c(F)c2)C2CCN(Cc3ccc4ccccc4n3)CC2)cc1.O.O=C(O)C(=O)O. The molecular weight excluding hydrogens is 539 g/mol. The Morgan fingerprint density at radius 3 is 2.17 bits per heavy atom. The van der Waals surface area contributed by atoms with Gasteiger partial charge in [-0.1, -0.05) is 36.4 Å². The van der Waals surface area contributed by atoms with Crippen LogP contribution in [-0.2, 0) is 16.1 Å². The molecule has 8 nitrogen and oxygen atoms in total. The van der Waals surface area contributed by atoms with E-state index in [2.05, 4.69) is 28.4 Å². The smallest absolute Gasteiger partial charge is 0.414 e. The van der Waals surface area contributed by atoms with Gasteiger partial charge in [0.1, 0.15) is 5.82 Å². The van der Waals surface area contributed by atoms with Crippen molar-refractivity contribution in [2.45, 2.75) is 25.4 Å². The molecule has 0 aliphatic carbocycles. The van der Waals surface area contributed by atoms with E-state index < -0.39 is 23.6 Å². The molecule has 3 aromatic carbocycles. The number of aliphatic carboxylic acids is 2. The van der Waals surface area contributed by atoms with Gasteiger partial charge < -0.3 is 21.0 Å². The lowest BCUT2D eigenvalue weighted by atomic mass is 9.85. The summed E-state index contributed by atoms with van der Waals surface area (Å²) in [7, 11) is 0. The number of likely N-dealkylation sites (tertiary alicyclic amines) is 1. The first-order valence-electron chi connectivity index (χ1n) is 12.7. The molecule has 1 aromatic heterocycles. The van der Waals surface area contributed by atoms with Crippen LogP contribution in [0, 0.1) is 23.4 Å². The van der Waals surface area contributed by atoms with E-state index in [4.69, 9.17) is 24.8 Å². The third kappa shape index (κ3) is 8.50. The number of rotatable bonds is 6. The van der Waals surface area contributed by atoms with Crippen LogP contribution in [0.25, 0.3) is 10.9 Å². The minimum atomic E-state index is -1.82. The second kappa shape index (κ2) is 14.2. The Labute approximate surface area is 234 Å². The summed E-state index contributed by atoms with van der Waals surface area (Å²) in [6, 6.07) is 22.4. The van der Waals surface area contributed by atoms with Crippen molar-refractivity contribution in [3.05, 3.63) is 108 Å². The quantitative estimate of drug-likeness (QED) is 0.277. The first kappa shape index (κ1) is 31.1. The van der Waals surface area contributed by atoms with E-state index in [1.165, 1.54) is 24.3 Å². The highest BCUT2D eigenvalue weighted by Gasteiger charge is 2.28. The van der Waals surface area contributed by atoms with E-state index in [1.807, 2.05) is 18.2 Å². The Kier molecular flexibility index (Phi) is 10.8. The summed E-state index contributed by atoms with van der Waals surface area (Å²) in [5.74, 6) is -5.45. The fourth-order valence-corrected chi connectivity index (χ4v) is 4.78. The van der Waals surface area contributed by atoms with E-state index in [0.29, 0.717) is 5.69 Å². The fourth-order valence-electron chi connectivity index (χ4n) is 4.78. The maximum Gasteiger partial charge on any atom is 0.414 e. The molecule has 1 aliphatic rings. The van der Waals surface area contributed by atoms with Crippen LogP contribution >= 0.6 is 0 Å². The topological polar surface area (TPSA) is 134 Å². The van der Waals surface area contributed by atoms with Crippen LogP contribution < -0.4 is 5.32 Å². The molecule has 4 aromatic rings. The number of piperidine rings is 1. The molecule has 0 spiro atoms. The Hall–Kier alpha value is -4.48. The zero-order valence-electron chi connectivity index (χ0n) is 21.9. The van der Waals surface area contributed by atoms with Crippen molar-refractivity contribution >= 4 is 28.5 Å². The lowest BCUT2D eigenvalue weighted by Gasteiger charge is -2.37. The van der Waals surface area contributed by atoms with Crippen molar-refractivity contribution in [1.82, 2.24) is 9.88 Å². The summed E-state index contributed by atoms with van der Waals surface area (Å²) < 4.78 is 40.8. The molecular formula is C30H30F3N3O5. The number of halogens is 3. The van der Waals surface area contributed by atoms with Crippen LogP contribution in [0.4, 0.5) is 18.9 Å². The van der Waals surface area contributed by atoms with Crippen LogP contribution in [0.15, 0.2) is 78.9 Å². The number of carbonyl (C=O) groups is 2. The normalized spacial score (nSPS) is 14.3. The number of aromatic nitrogens is 1. The molecule has 0 saturated carbocycles. The summed E-state index contributed by atoms with van der Waals surface area (Å²) in [5.41, 5.74) is 3.49. The Bertz CT molecular complexity index is 1470. The number of benzene rings is 3. The Balaban J connectivity index is 0.000000599. The maximum atomic E-state index is 13.8.